The van der Waals surface area contributed by atoms with Gasteiger partial charge in [0.2, 0.25) is 0 Å². The fourth-order valence-corrected chi connectivity index (χ4v) is 17.6. The molecule has 0 radical (unpaired) electrons. The van der Waals surface area contributed by atoms with Gasteiger partial charge in [-0.3, -0.25) is 0 Å². The minimum absolute atomic E-state index is 0. The molecule has 3 heteroatoms. The summed E-state index contributed by atoms with van der Waals surface area (Å²) in [7, 11) is 9.87. The van der Waals surface area contributed by atoms with Gasteiger partial charge in [-0.2, -0.15) is 0 Å². The molecule has 0 saturated heterocycles. The van der Waals surface area contributed by atoms with Crippen molar-refractivity contribution in [1.29, 1.82) is 0 Å². The van der Waals surface area contributed by atoms with Crippen LogP contribution in [0.4, 0.5) is 0 Å². The summed E-state index contributed by atoms with van der Waals surface area (Å²) in [6, 6.07) is 30.8. The normalized spacial score (nSPS) is 35.1. The first-order chi connectivity index (χ1) is 29.7. The van der Waals surface area contributed by atoms with E-state index in [4.69, 9.17) is 17.0 Å². The van der Waals surface area contributed by atoms with Crippen LogP contribution in [-0.2, 0) is 20.8 Å². The van der Waals surface area contributed by atoms with Gasteiger partial charge in [-0.25, -0.2) is 0 Å². The maximum absolute atomic E-state index is 4.93. The third-order valence-electron chi connectivity index (χ3n) is 18.6. The van der Waals surface area contributed by atoms with E-state index in [9.17, 15) is 0 Å². The van der Waals surface area contributed by atoms with Crippen molar-refractivity contribution in [3.8, 4) is 0 Å². The quantitative estimate of drug-likeness (QED) is 0.169. The summed E-state index contributed by atoms with van der Waals surface area (Å²) in [6.07, 6.45) is 12.8. The van der Waals surface area contributed by atoms with Crippen LogP contribution in [0.2, 0.25) is 0 Å². The molecule has 6 fully saturated rings. The third-order valence-corrected chi connectivity index (χ3v) is 18.6. The van der Waals surface area contributed by atoms with Crippen LogP contribution in [0.25, 0.3) is 0 Å². The van der Waals surface area contributed by atoms with Crippen LogP contribution in [0.15, 0.2) is 72.8 Å². The van der Waals surface area contributed by atoms with Crippen molar-refractivity contribution in [2.24, 2.45) is 71.0 Å². The van der Waals surface area contributed by atoms with Crippen molar-refractivity contribution >= 4 is 17.0 Å². The van der Waals surface area contributed by atoms with Crippen LogP contribution in [0.1, 0.15) is 169 Å². The van der Waals surface area contributed by atoms with Crippen LogP contribution >= 0.6 is 17.0 Å². The minimum atomic E-state index is -0.826. The van der Waals surface area contributed by atoms with E-state index in [1.54, 1.807) is 22.3 Å². The van der Waals surface area contributed by atoms with Gasteiger partial charge in [0.25, 0.3) is 0 Å². The molecule has 6 aliphatic rings. The Labute approximate surface area is 418 Å². The van der Waals surface area contributed by atoms with E-state index in [2.05, 4.69) is 142 Å². The van der Waals surface area contributed by atoms with Gasteiger partial charge in [0, 0.05) is 0 Å². The second-order valence-corrected chi connectivity index (χ2v) is 26.6. The number of rotatable bonds is 6. The Morgan fingerprint density at radius 2 is 0.631 bits per heavy atom. The van der Waals surface area contributed by atoms with Gasteiger partial charge >= 0.3 is 37.9 Å². The maximum atomic E-state index is 4.93. The van der Waals surface area contributed by atoms with E-state index in [-0.39, 0.29) is 22.3 Å². The number of halogens is 2. The van der Waals surface area contributed by atoms with Crippen LogP contribution in [0, 0.1) is 141 Å². The fourth-order valence-electron chi connectivity index (χ4n) is 17.6. The summed E-state index contributed by atoms with van der Waals surface area (Å²) in [5.41, 5.74) is 18.6. The summed E-state index contributed by atoms with van der Waals surface area (Å²) < 4.78 is 0. The Bertz CT molecular complexity index is 2000. The number of benzene rings is 4. The van der Waals surface area contributed by atoms with Gasteiger partial charge in [0.05, 0.1) is 0 Å². The van der Waals surface area contributed by atoms with E-state index >= 15 is 0 Å². The van der Waals surface area contributed by atoms with Crippen molar-refractivity contribution in [2.45, 2.75) is 158 Å². The SMILES string of the molecule is C.Cc1cc(C)cc(C2C3CCCC3C(c3cc(C)cc(C)c3)C3C(CC4C(C)CC5C(c6cc(C)cc(C)c6)C6CCCC6C(c6cc(C)cc(C)c6)C45)C(C)CC23)c1.[CH3-].[CH3-].[Cl][Zr+2][Cl]. The van der Waals surface area contributed by atoms with Gasteiger partial charge in [-0.15, -0.1) is 0 Å². The predicted octanol–water partition coefficient (Wildman–Crippen LogP) is 18.5. The van der Waals surface area contributed by atoms with Crippen molar-refractivity contribution in [3.05, 3.63) is 154 Å². The van der Waals surface area contributed by atoms with Gasteiger partial charge in [0.1, 0.15) is 0 Å². The molecule has 4 aromatic rings. The molecule has 352 valence electrons. The predicted molar refractivity (Wildman–Crippen MR) is 281 cm³/mol. The molecule has 0 aliphatic heterocycles. The number of fused-ring (bicyclic) bond motifs is 4. The zero-order valence-electron chi connectivity index (χ0n) is 41.8. The summed E-state index contributed by atoms with van der Waals surface area (Å²) in [4.78, 5) is 0. The topological polar surface area (TPSA) is 0 Å². The first kappa shape index (κ1) is 52.7. The summed E-state index contributed by atoms with van der Waals surface area (Å²) >= 11 is -0.826. The summed E-state index contributed by atoms with van der Waals surface area (Å²) in [5, 5.41) is 0. The first-order valence-corrected chi connectivity index (χ1v) is 31.4. The zero-order valence-corrected chi connectivity index (χ0v) is 45.8. The molecule has 0 N–H and O–H groups in total. The molecule has 10 rings (SSSR count). The molecular formula is C62H86Cl2Zr. The number of hydrogen-bond donors (Lipinski definition) is 0. The molecule has 0 bridgehead atoms. The molecule has 6 aliphatic carbocycles. The average Bonchev–Trinajstić information content (AvgIpc) is 3.98. The number of aryl methyl sites for hydroxylation is 8. The molecule has 0 spiro atoms. The van der Waals surface area contributed by atoms with Crippen LogP contribution in [0.3, 0.4) is 0 Å². The fraction of sp³-hybridized carbons (Fsp3) is 0.581. The van der Waals surface area contributed by atoms with Crippen molar-refractivity contribution in [3.63, 3.8) is 0 Å². The third kappa shape index (κ3) is 10.0. The van der Waals surface area contributed by atoms with E-state index in [1.165, 1.54) is 102 Å². The standard InChI is InChI=1S/C59H76.CH4.2CH3.2ClH.Zr/c1-32-17-33(2)22-42(21-32)54-46-13-11-15-48(46)56(44-25-36(5)19-37(6)26-44)58-50(40(9)29-52(54)58)31-51-41(10)30-53-55(43-23-34(3)18-35(4)24-43)47-14-12-16-49(47)57(59(51)53)45-27-38(7)20-39(8)28-45;;;;;;/h17-28,40-41,46-59H,11-16,29-31H2,1-10H3;1H4;2*1H3;2*1H;/q;;2*-1;;;+4/p-2. The Morgan fingerprint density at radius 3 is 0.892 bits per heavy atom. The van der Waals surface area contributed by atoms with E-state index in [1.807, 2.05) is 0 Å². The second kappa shape index (κ2) is 21.5. The Hall–Kier alpha value is -1.66. The van der Waals surface area contributed by atoms with Gasteiger partial charge < -0.3 is 14.9 Å². The molecule has 6 saturated carbocycles. The molecule has 0 aromatic heterocycles. The van der Waals surface area contributed by atoms with Crippen molar-refractivity contribution < 1.29 is 20.8 Å². The molecule has 65 heavy (non-hydrogen) atoms. The van der Waals surface area contributed by atoms with E-state index < -0.39 is 20.8 Å². The Balaban J connectivity index is 0.00000114. The monoisotopic (exact) mass is 991 g/mol. The van der Waals surface area contributed by atoms with Crippen molar-refractivity contribution in [2.75, 3.05) is 0 Å². The first-order valence-electron chi connectivity index (χ1n) is 25.0. The molecular weight excluding hydrogens is 907 g/mol. The van der Waals surface area contributed by atoms with Gasteiger partial charge in [-0.1, -0.05) is 151 Å². The van der Waals surface area contributed by atoms with E-state index in [0.717, 1.165) is 71.0 Å². The summed E-state index contributed by atoms with van der Waals surface area (Å²) in [6.45, 7) is 24.4. The van der Waals surface area contributed by atoms with Crippen molar-refractivity contribution in [1.82, 2.24) is 0 Å². The summed E-state index contributed by atoms with van der Waals surface area (Å²) in [5.74, 6) is 12.2. The van der Waals surface area contributed by atoms with E-state index in [0.29, 0.717) is 23.7 Å². The molecule has 16 unspecified atom stereocenters. The zero-order chi connectivity index (χ0) is 43.7. The second-order valence-electron chi connectivity index (χ2n) is 22.8. The average molecular weight is 993 g/mol. The van der Waals surface area contributed by atoms with Crippen LogP contribution in [0.5, 0.6) is 0 Å². The Kier molecular flexibility index (Phi) is 17.5. The van der Waals surface area contributed by atoms with Crippen LogP contribution in [-0.4, -0.2) is 0 Å². The molecule has 0 heterocycles. The molecule has 0 nitrogen and oxygen atoms in total. The van der Waals surface area contributed by atoms with Crippen LogP contribution < -0.4 is 0 Å². The number of hydrogen-bond acceptors (Lipinski definition) is 0. The molecule has 0 amide bonds. The molecule has 4 aromatic carbocycles. The molecule has 16 atom stereocenters. The Morgan fingerprint density at radius 1 is 0.400 bits per heavy atom. The van der Waals surface area contributed by atoms with Gasteiger partial charge in [0.15, 0.2) is 0 Å². The van der Waals surface area contributed by atoms with Gasteiger partial charge in [-0.05, 0) is 217 Å².